The van der Waals surface area contributed by atoms with Crippen molar-refractivity contribution in [1.29, 1.82) is 0 Å². The molecule has 2 aromatic rings. The Kier molecular flexibility index (Phi) is 6.71. The van der Waals surface area contributed by atoms with Crippen molar-refractivity contribution in [3.05, 3.63) is 41.5 Å². The second-order valence-corrected chi connectivity index (χ2v) is 7.75. The second-order valence-electron chi connectivity index (χ2n) is 7.75. The van der Waals surface area contributed by atoms with Gasteiger partial charge < -0.3 is 16.0 Å². The fourth-order valence-electron chi connectivity index (χ4n) is 3.66. The van der Waals surface area contributed by atoms with Gasteiger partial charge in [0, 0.05) is 31.9 Å². The molecule has 2 heterocycles. The molecule has 1 saturated heterocycles. The van der Waals surface area contributed by atoms with Crippen molar-refractivity contribution in [3.8, 4) is 0 Å². The van der Waals surface area contributed by atoms with Gasteiger partial charge in [-0.2, -0.15) is 5.10 Å². The molecule has 1 aliphatic rings. The van der Waals surface area contributed by atoms with Crippen molar-refractivity contribution in [2.75, 3.05) is 23.7 Å². The van der Waals surface area contributed by atoms with Crippen molar-refractivity contribution >= 4 is 23.3 Å². The number of aromatic nitrogens is 2. The van der Waals surface area contributed by atoms with Crippen molar-refractivity contribution in [2.24, 2.45) is 7.05 Å². The van der Waals surface area contributed by atoms with Crippen LogP contribution in [0.25, 0.3) is 0 Å². The molecule has 1 aromatic heterocycles. The third-order valence-electron chi connectivity index (χ3n) is 5.65. The SMILES string of the molecule is Cc1nn(C)c(C)c1NC(=O)[C@H](C)N1CCC(NC(=O)Nc2ccc(F)cc2)CC1. The van der Waals surface area contributed by atoms with E-state index in [1.165, 1.54) is 24.3 Å². The largest absolute Gasteiger partial charge is 0.335 e. The molecule has 30 heavy (non-hydrogen) atoms. The molecule has 3 N–H and O–H groups in total. The number of carbonyl (C=O) groups is 2. The Balaban J connectivity index is 1.46. The number of halogens is 1. The standard InChI is InChI=1S/C21H29FN6O2/c1-13-19(14(2)27(4)26-13)25-20(29)15(3)28-11-9-18(10-12-28)24-21(30)23-17-7-5-16(22)6-8-17/h5-8,15,18H,9-12H2,1-4H3,(H,25,29)(H2,23,24,30)/t15-/m0/s1. The summed E-state index contributed by atoms with van der Waals surface area (Å²) in [6.07, 6.45) is 1.50. The number of hydrogen-bond donors (Lipinski definition) is 3. The number of hydrogen-bond acceptors (Lipinski definition) is 4. The fourth-order valence-corrected chi connectivity index (χ4v) is 3.66. The Hall–Kier alpha value is -2.94. The Morgan fingerprint density at radius 2 is 1.77 bits per heavy atom. The van der Waals surface area contributed by atoms with Crippen LogP contribution in [-0.4, -0.2) is 51.8 Å². The van der Waals surface area contributed by atoms with E-state index in [1.54, 1.807) is 4.68 Å². The summed E-state index contributed by atoms with van der Waals surface area (Å²) in [4.78, 5) is 27.0. The number of rotatable bonds is 5. The number of carbonyl (C=O) groups excluding carboxylic acids is 2. The predicted molar refractivity (Wildman–Crippen MR) is 114 cm³/mol. The molecule has 3 amide bonds. The van der Waals surface area contributed by atoms with E-state index in [-0.39, 0.29) is 29.8 Å². The molecule has 9 heteroatoms. The number of amides is 3. The van der Waals surface area contributed by atoms with Gasteiger partial charge in [0.05, 0.1) is 23.1 Å². The molecule has 8 nitrogen and oxygen atoms in total. The Bertz CT molecular complexity index is 903. The van der Waals surface area contributed by atoms with Crippen LogP contribution in [0.2, 0.25) is 0 Å². The maximum atomic E-state index is 13.0. The Morgan fingerprint density at radius 3 is 2.33 bits per heavy atom. The highest BCUT2D eigenvalue weighted by atomic mass is 19.1. The molecule has 1 aliphatic heterocycles. The van der Waals surface area contributed by atoms with Crippen molar-refractivity contribution in [1.82, 2.24) is 20.0 Å². The summed E-state index contributed by atoms with van der Waals surface area (Å²) < 4.78 is 14.7. The van der Waals surface area contributed by atoms with E-state index in [2.05, 4.69) is 25.9 Å². The molecule has 0 radical (unpaired) electrons. The van der Waals surface area contributed by atoms with Gasteiger partial charge in [-0.15, -0.1) is 0 Å². The second kappa shape index (κ2) is 9.25. The molecule has 0 bridgehead atoms. The lowest BCUT2D eigenvalue weighted by atomic mass is 10.0. The van der Waals surface area contributed by atoms with Crippen LogP contribution in [0, 0.1) is 19.7 Å². The van der Waals surface area contributed by atoms with Gasteiger partial charge >= 0.3 is 6.03 Å². The number of anilines is 2. The van der Waals surface area contributed by atoms with Gasteiger partial charge in [0.2, 0.25) is 5.91 Å². The molecule has 1 aromatic carbocycles. The molecule has 0 unspecified atom stereocenters. The van der Waals surface area contributed by atoms with E-state index >= 15 is 0 Å². The van der Waals surface area contributed by atoms with Crippen molar-refractivity contribution in [3.63, 3.8) is 0 Å². The monoisotopic (exact) mass is 416 g/mol. The zero-order chi connectivity index (χ0) is 21.8. The summed E-state index contributed by atoms with van der Waals surface area (Å²) in [5, 5.41) is 13.0. The van der Waals surface area contributed by atoms with Gasteiger partial charge in [0.1, 0.15) is 5.82 Å². The van der Waals surface area contributed by atoms with Crippen LogP contribution in [-0.2, 0) is 11.8 Å². The Morgan fingerprint density at radius 1 is 1.13 bits per heavy atom. The highest BCUT2D eigenvalue weighted by molar-refractivity contribution is 5.95. The third-order valence-corrected chi connectivity index (χ3v) is 5.65. The van der Waals surface area contributed by atoms with E-state index < -0.39 is 0 Å². The highest BCUT2D eigenvalue weighted by Crippen LogP contribution is 2.20. The molecule has 1 fully saturated rings. The van der Waals surface area contributed by atoms with E-state index in [4.69, 9.17) is 0 Å². The first-order chi connectivity index (χ1) is 14.2. The van der Waals surface area contributed by atoms with Crippen molar-refractivity contribution < 1.29 is 14.0 Å². The molecule has 0 aliphatic carbocycles. The highest BCUT2D eigenvalue weighted by Gasteiger charge is 2.28. The minimum Gasteiger partial charge on any atom is -0.335 e. The molecular formula is C21H29FN6O2. The first kappa shape index (κ1) is 21.8. The summed E-state index contributed by atoms with van der Waals surface area (Å²) in [6, 6.07) is 5.07. The van der Waals surface area contributed by atoms with Gasteiger partial charge in [-0.25, -0.2) is 9.18 Å². The number of urea groups is 1. The van der Waals surface area contributed by atoms with Crippen LogP contribution in [0.15, 0.2) is 24.3 Å². The predicted octanol–water partition coefficient (Wildman–Crippen LogP) is 2.79. The van der Waals surface area contributed by atoms with Gasteiger partial charge in [0.25, 0.3) is 0 Å². The van der Waals surface area contributed by atoms with Crippen molar-refractivity contribution in [2.45, 2.75) is 45.7 Å². The van der Waals surface area contributed by atoms with Gasteiger partial charge in [-0.1, -0.05) is 0 Å². The minimum atomic E-state index is -0.347. The molecule has 1 atom stereocenters. The van der Waals surface area contributed by atoms with Crippen LogP contribution >= 0.6 is 0 Å². The smallest absolute Gasteiger partial charge is 0.319 e. The molecule has 0 saturated carbocycles. The molecule has 0 spiro atoms. The van der Waals surface area contributed by atoms with E-state index in [9.17, 15) is 14.0 Å². The average Bonchev–Trinajstić information content (AvgIpc) is 2.95. The third kappa shape index (κ3) is 5.15. The van der Waals surface area contributed by atoms with Crippen LogP contribution < -0.4 is 16.0 Å². The summed E-state index contributed by atoms with van der Waals surface area (Å²) in [5.41, 5.74) is 3.02. The number of nitrogens with zero attached hydrogens (tertiary/aromatic N) is 3. The molecule has 3 rings (SSSR count). The maximum absolute atomic E-state index is 13.0. The average molecular weight is 417 g/mol. The molecular weight excluding hydrogens is 387 g/mol. The summed E-state index contributed by atoms with van der Waals surface area (Å²) in [6.45, 7) is 7.11. The van der Waals surface area contributed by atoms with E-state index in [0.29, 0.717) is 18.8 Å². The lowest BCUT2D eigenvalue weighted by Gasteiger charge is -2.35. The number of nitrogens with one attached hydrogen (secondary N) is 3. The number of likely N-dealkylation sites (tertiary alicyclic amines) is 1. The van der Waals surface area contributed by atoms with E-state index in [1.807, 2.05) is 27.8 Å². The quantitative estimate of drug-likeness (QED) is 0.699. The van der Waals surface area contributed by atoms with Gasteiger partial charge in [-0.05, 0) is 57.9 Å². The first-order valence-electron chi connectivity index (χ1n) is 10.1. The zero-order valence-electron chi connectivity index (χ0n) is 17.8. The summed E-state index contributed by atoms with van der Waals surface area (Å²) in [5.74, 6) is -0.407. The fraction of sp³-hybridized carbons (Fsp3) is 0.476. The normalized spacial score (nSPS) is 16.2. The van der Waals surface area contributed by atoms with Crippen LogP contribution in [0.3, 0.4) is 0 Å². The lowest BCUT2D eigenvalue weighted by molar-refractivity contribution is -0.121. The van der Waals surface area contributed by atoms with Crippen LogP contribution in [0.1, 0.15) is 31.2 Å². The topological polar surface area (TPSA) is 91.3 Å². The lowest BCUT2D eigenvalue weighted by Crippen LogP contribution is -2.51. The number of piperidine rings is 1. The summed E-state index contributed by atoms with van der Waals surface area (Å²) in [7, 11) is 1.85. The minimum absolute atomic E-state index is 0.0276. The maximum Gasteiger partial charge on any atom is 0.319 e. The van der Waals surface area contributed by atoms with Gasteiger partial charge in [-0.3, -0.25) is 14.4 Å². The van der Waals surface area contributed by atoms with Crippen LogP contribution in [0.4, 0.5) is 20.6 Å². The van der Waals surface area contributed by atoms with E-state index in [0.717, 1.165) is 29.9 Å². The first-order valence-corrected chi connectivity index (χ1v) is 10.1. The van der Waals surface area contributed by atoms with Gasteiger partial charge in [0.15, 0.2) is 0 Å². The molecule has 162 valence electrons. The summed E-state index contributed by atoms with van der Waals surface area (Å²) >= 11 is 0. The zero-order valence-corrected chi connectivity index (χ0v) is 17.8. The number of aryl methyl sites for hydroxylation is 2. The Labute approximate surface area is 175 Å². The number of benzene rings is 1. The van der Waals surface area contributed by atoms with Crippen LogP contribution in [0.5, 0.6) is 0 Å².